The highest BCUT2D eigenvalue weighted by Gasteiger charge is 2.18. The average Bonchev–Trinajstić information content (AvgIpc) is 2.37. The molecule has 0 radical (unpaired) electrons. The molecule has 0 saturated heterocycles. The lowest BCUT2D eigenvalue weighted by Crippen LogP contribution is -2.41. The van der Waals surface area contributed by atoms with Gasteiger partial charge >= 0.3 is 5.97 Å². The lowest BCUT2D eigenvalue weighted by molar-refractivity contribution is -0.141. The van der Waals surface area contributed by atoms with Gasteiger partial charge in [0.2, 0.25) is 5.91 Å². The minimum atomic E-state index is -1.02. The van der Waals surface area contributed by atoms with Gasteiger partial charge in [0.15, 0.2) is 0 Å². The fourth-order valence-corrected chi connectivity index (χ4v) is 1.81. The zero-order chi connectivity index (χ0) is 13.4. The van der Waals surface area contributed by atoms with Crippen molar-refractivity contribution >= 4 is 24.5 Å². The summed E-state index contributed by atoms with van der Waals surface area (Å²) >= 11 is 3.97. The van der Waals surface area contributed by atoms with Crippen LogP contribution in [0.2, 0.25) is 0 Å². The van der Waals surface area contributed by atoms with E-state index in [1.807, 2.05) is 30.3 Å². The van der Waals surface area contributed by atoms with Crippen LogP contribution in [0.3, 0.4) is 0 Å². The van der Waals surface area contributed by atoms with E-state index in [0.29, 0.717) is 25.0 Å². The molecule has 0 unspecified atom stereocenters. The quantitative estimate of drug-likeness (QED) is 0.656. The second kappa shape index (κ2) is 7.76. The second-order valence-electron chi connectivity index (χ2n) is 3.96. The Balaban J connectivity index is 2.39. The molecule has 98 valence electrons. The van der Waals surface area contributed by atoms with Crippen LogP contribution in [0, 0.1) is 0 Å². The third kappa shape index (κ3) is 5.23. The van der Waals surface area contributed by atoms with Crippen molar-refractivity contribution in [1.29, 1.82) is 0 Å². The average molecular weight is 267 g/mol. The van der Waals surface area contributed by atoms with Gasteiger partial charge in [0.1, 0.15) is 6.04 Å². The Labute approximate surface area is 112 Å². The summed E-state index contributed by atoms with van der Waals surface area (Å²) < 4.78 is 0. The Hall–Kier alpha value is -1.49. The van der Waals surface area contributed by atoms with Crippen LogP contribution in [0.15, 0.2) is 30.3 Å². The highest BCUT2D eigenvalue weighted by Crippen LogP contribution is 2.03. The van der Waals surface area contributed by atoms with E-state index in [2.05, 4.69) is 17.9 Å². The number of nitrogens with one attached hydrogen (secondary N) is 1. The van der Waals surface area contributed by atoms with Crippen LogP contribution < -0.4 is 5.32 Å². The minimum Gasteiger partial charge on any atom is -0.480 e. The number of aryl methyl sites for hydroxylation is 1. The van der Waals surface area contributed by atoms with E-state index >= 15 is 0 Å². The number of hydrogen-bond donors (Lipinski definition) is 3. The van der Waals surface area contributed by atoms with Gasteiger partial charge in [0.25, 0.3) is 0 Å². The molecule has 0 bridgehead atoms. The highest BCUT2D eigenvalue weighted by atomic mass is 32.1. The molecule has 2 N–H and O–H groups in total. The maximum Gasteiger partial charge on any atom is 0.326 e. The summed E-state index contributed by atoms with van der Waals surface area (Å²) in [6, 6.07) is 8.77. The third-order valence-corrected chi connectivity index (χ3v) is 2.79. The van der Waals surface area contributed by atoms with E-state index < -0.39 is 12.0 Å². The van der Waals surface area contributed by atoms with Gasteiger partial charge in [-0.25, -0.2) is 4.79 Å². The number of carbonyl (C=O) groups is 2. The van der Waals surface area contributed by atoms with Crippen molar-refractivity contribution < 1.29 is 14.7 Å². The molecule has 0 spiro atoms. The van der Waals surface area contributed by atoms with Crippen molar-refractivity contribution in [3.05, 3.63) is 35.9 Å². The van der Waals surface area contributed by atoms with Gasteiger partial charge in [-0.3, -0.25) is 4.79 Å². The Kier molecular flexibility index (Phi) is 6.28. The first kappa shape index (κ1) is 14.6. The molecule has 18 heavy (non-hydrogen) atoms. The number of carboxylic acid groups (broad SMARTS) is 1. The van der Waals surface area contributed by atoms with Crippen LogP contribution in [-0.2, 0) is 16.0 Å². The van der Waals surface area contributed by atoms with Gasteiger partial charge < -0.3 is 10.4 Å². The van der Waals surface area contributed by atoms with Crippen molar-refractivity contribution in [3.63, 3.8) is 0 Å². The van der Waals surface area contributed by atoms with Crippen molar-refractivity contribution in [1.82, 2.24) is 5.32 Å². The van der Waals surface area contributed by atoms with Gasteiger partial charge in [-0.2, -0.15) is 12.6 Å². The summed E-state index contributed by atoms with van der Waals surface area (Å²) in [6.07, 6.45) is 1.23. The molecular formula is C13H17NO3S. The molecular weight excluding hydrogens is 250 g/mol. The van der Waals surface area contributed by atoms with Gasteiger partial charge in [-0.05, 0) is 24.2 Å². The summed E-state index contributed by atoms with van der Waals surface area (Å²) in [5, 5.41) is 11.4. The largest absolute Gasteiger partial charge is 0.480 e. The third-order valence-electron chi connectivity index (χ3n) is 2.53. The predicted molar refractivity (Wildman–Crippen MR) is 72.8 cm³/mol. The number of thiol groups is 1. The SMILES string of the molecule is O=C(CCc1ccccc1)N[C@H](CCS)C(=O)O. The lowest BCUT2D eigenvalue weighted by Gasteiger charge is -2.13. The summed E-state index contributed by atoms with van der Waals surface area (Å²) in [5.41, 5.74) is 1.06. The topological polar surface area (TPSA) is 66.4 Å². The van der Waals surface area contributed by atoms with E-state index in [-0.39, 0.29) is 5.91 Å². The number of amides is 1. The Morgan fingerprint density at radius 2 is 1.94 bits per heavy atom. The Morgan fingerprint density at radius 1 is 1.28 bits per heavy atom. The summed E-state index contributed by atoms with van der Waals surface area (Å²) in [6.45, 7) is 0. The fourth-order valence-electron chi connectivity index (χ4n) is 1.56. The molecule has 4 nitrogen and oxygen atoms in total. The smallest absolute Gasteiger partial charge is 0.326 e. The second-order valence-corrected chi connectivity index (χ2v) is 4.40. The number of carbonyl (C=O) groups excluding carboxylic acids is 1. The lowest BCUT2D eigenvalue weighted by atomic mass is 10.1. The molecule has 0 saturated carbocycles. The van der Waals surface area contributed by atoms with Crippen LogP contribution in [0.1, 0.15) is 18.4 Å². The summed E-state index contributed by atoms with van der Waals surface area (Å²) in [7, 11) is 0. The maximum absolute atomic E-state index is 11.6. The van der Waals surface area contributed by atoms with Crippen LogP contribution in [-0.4, -0.2) is 28.8 Å². The standard InChI is InChI=1S/C13H17NO3S/c15-12(14-11(8-9-18)13(16)17)7-6-10-4-2-1-3-5-10/h1-5,11,18H,6-9H2,(H,14,15)(H,16,17)/t11-/m1/s1. The molecule has 1 aromatic carbocycles. The van der Waals surface area contributed by atoms with Crippen molar-refractivity contribution in [2.24, 2.45) is 0 Å². The number of carboxylic acids is 1. The highest BCUT2D eigenvalue weighted by molar-refractivity contribution is 7.80. The maximum atomic E-state index is 11.6. The van der Waals surface area contributed by atoms with E-state index in [0.717, 1.165) is 5.56 Å². The van der Waals surface area contributed by atoms with Crippen LogP contribution in [0.4, 0.5) is 0 Å². The van der Waals surface area contributed by atoms with Crippen molar-refractivity contribution in [2.45, 2.75) is 25.3 Å². The predicted octanol–water partition coefficient (Wildman–Crippen LogP) is 1.51. The van der Waals surface area contributed by atoms with E-state index in [1.54, 1.807) is 0 Å². The fraction of sp³-hybridized carbons (Fsp3) is 0.385. The zero-order valence-corrected chi connectivity index (χ0v) is 10.9. The summed E-state index contributed by atoms with van der Waals surface area (Å²) in [5.74, 6) is -0.833. The number of hydrogen-bond acceptors (Lipinski definition) is 3. The molecule has 0 aliphatic heterocycles. The Morgan fingerprint density at radius 3 is 2.50 bits per heavy atom. The van der Waals surface area contributed by atoms with Crippen molar-refractivity contribution in [2.75, 3.05) is 5.75 Å². The summed E-state index contributed by atoms with van der Waals surface area (Å²) in [4.78, 5) is 22.5. The van der Waals surface area contributed by atoms with Gasteiger partial charge in [-0.15, -0.1) is 0 Å². The monoisotopic (exact) mass is 267 g/mol. The normalized spacial score (nSPS) is 11.8. The van der Waals surface area contributed by atoms with E-state index in [4.69, 9.17) is 5.11 Å². The van der Waals surface area contributed by atoms with E-state index in [1.165, 1.54) is 0 Å². The van der Waals surface area contributed by atoms with Crippen LogP contribution >= 0.6 is 12.6 Å². The molecule has 0 aliphatic carbocycles. The first-order valence-electron chi connectivity index (χ1n) is 5.80. The molecule has 0 fully saturated rings. The van der Waals surface area contributed by atoms with Gasteiger partial charge in [-0.1, -0.05) is 30.3 Å². The molecule has 1 amide bonds. The van der Waals surface area contributed by atoms with E-state index in [9.17, 15) is 9.59 Å². The molecule has 1 atom stereocenters. The Bertz CT molecular complexity index is 394. The van der Waals surface area contributed by atoms with Crippen molar-refractivity contribution in [3.8, 4) is 0 Å². The number of benzene rings is 1. The molecule has 5 heteroatoms. The molecule has 0 aromatic heterocycles. The molecule has 1 aromatic rings. The first-order valence-corrected chi connectivity index (χ1v) is 6.43. The molecule has 0 heterocycles. The zero-order valence-electron chi connectivity index (χ0n) is 10.0. The molecule has 0 aliphatic rings. The number of aliphatic carboxylic acids is 1. The van der Waals surface area contributed by atoms with Gasteiger partial charge in [0, 0.05) is 6.42 Å². The van der Waals surface area contributed by atoms with Gasteiger partial charge in [0.05, 0.1) is 0 Å². The molecule has 1 rings (SSSR count). The minimum absolute atomic E-state index is 0.243. The van der Waals surface area contributed by atoms with Crippen LogP contribution in [0.5, 0.6) is 0 Å². The number of rotatable bonds is 7. The van der Waals surface area contributed by atoms with Crippen LogP contribution in [0.25, 0.3) is 0 Å². The first-order chi connectivity index (χ1) is 8.63.